The summed E-state index contributed by atoms with van der Waals surface area (Å²) in [7, 11) is 3.38. The van der Waals surface area contributed by atoms with Crippen molar-refractivity contribution >= 4 is 28.3 Å². The molecule has 0 atom stereocenters. The molecule has 3 rings (SSSR count). The average molecular weight is 420 g/mol. The van der Waals surface area contributed by atoms with Crippen LogP contribution in [0.1, 0.15) is 20.9 Å². The molecule has 2 aromatic rings. The van der Waals surface area contributed by atoms with Crippen molar-refractivity contribution in [1.29, 1.82) is 0 Å². The Morgan fingerprint density at radius 1 is 1.14 bits per heavy atom. The standard InChI is InChI=1S/C20H26FN5O2S/c1-14-18(19(28)24(2)3)29-20(22-14)23-17(27)13-26-10-8-25(9-11-26)12-15-4-6-16(21)7-5-15/h4-7H,8-13H2,1-3H3,(H,22,23,27). The number of amides is 2. The fraction of sp³-hybridized carbons (Fsp3) is 0.450. The van der Waals surface area contributed by atoms with Crippen LogP contribution in [0.2, 0.25) is 0 Å². The number of anilines is 1. The summed E-state index contributed by atoms with van der Waals surface area (Å²) in [6.07, 6.45) is 0. The van der Waals surface area contributed by atoms with Gasteiger partial charge in [0.1, 0.15) is 10.7 Å². The smallest absolute Gasteiger partial charge is 0.265 e. The third-order valence-corrected chi connectivity index (χ3v) is 5.86. The molecule has 7 nitrogen and oxygen atoms in total. The highest BCUT2D eigenvalue weighted by Crippen LogP contribution is 2.23. The highest BCUT2D eigenvalue weighted by molar-refractivity contribution is 7.17. The Morgan fingerprint density at radius 2 is 1.76 bits per heavy atom. The van der Waals surface area contributed by atoms with Gasteiger partial charge in [-0.1, -0.05) is 23.5 Å². The number of benzene rings is 1. The molecule has 2 amide bonds. The third kappa shape index (κ3) is 5.81. The van der Waals surface area contributed by atoms with E-state index in [1.807, 2.05) is 0 Å². The van der Waals surface area contributed by atoms with E-state index < -0.39 is 0 Å². The molecular weight excluding hydrogens is 393 g/mol. The molecule has 1 aliphatic rings. The second kappa shape index (κ2) is 9.43. The van der Waals surface area contributed by atoms with Gasteiger partial charge in [0.15, 0.2) is 5.13 Å². The number of hydrogen-bond acceptors (Lipinski definition) is 6. The van der Waals surface area contributed by atoms with Crippen LogP contribution in [0.3, 0.4) is 0 Å². The first-order valence-corrected chi connectivity index (χ1v) is 10.3. The average Bonchev–Trinajstić information content (AvgIpc) is 3.04. The summed E-state index contributed by atoms with van der Waals surface area (Å²) >= 11 is 1.20. The van der Waals surface area contributed by atoms with Crippen molar-refractivity contribution in [3.05, 3.63) is 46.2 Å². The zero-order chi connectivity index (χ0) is 21.0. The molecule has 1 saturated heterocycles. The topological polar surface area (TPSA) is 68.8 Å². The van der Waals surface area contributed by atoms with Gasteiger partial charge in [0.25, 0.3) is 5.91 Å². The number of aryl methyl sites for hydroxylation is 1. The number of thiazole rings is 1. The Morgan fingerprint density at radius 3 is 2.38 bits per heavy atom. The number of carbonyl (C=O) groups excluding carboxylic acids is 2. The second-order valence-corrected chi connectivity index (χ2v) is 8.36. The number of rotatable bonds is 6. The molecule has 0 unspecified atom stereocenters. The van der Waals surface area contributed by atoms with Crippen molar-refractivity contribution in [2.24, 2.45) is 0 Å². The van der Waals surface area contributed by atoms with Gasteiger partial charge in [-0.2, -0.15) is 0 Å². The van der Waals surface area contributed by atoms with Gasteiger partial charge < -0.3 is 10.2 Å². The predicted molar refractivity (Wildman–Crippen MR) is 112 cm³/mol. The van der Waals surface area contributed by atoms with Crippen LogP contribution in [0.25, 0.3) is 0 Å². The van der Waals surface area contributed by atoms with E-state index in [-0.39, 0.29) is 17.6 Å². The van der Waals surface area contributed by atoms with Crippen LogP contribution < -0.4 is 5.32 Å². The van der Waals surface area contributed by atoms with Gasteiger partial charge in [-0.05, 0) is 24.6 Å². The first-order chi connectivity index (χ1) is 13.8. The molecule has 0 spiro atoms. The molecule has 9 heteroatoms. The molecule has 1 aromatic heterocycles. The molecule has 1 aliphatic heterocycles. The first kappa shape index (κ1) is 21.4. The van der Waals surface area contributed by atoms with Crippen molar-refractivity contribution in [2.75, 3.05) is 52.1 Å². The molecule has 1 fully saturated rings. The third-order valence-electron chi connectivity index (χ3n) is 4.79. The summed E-state index contributed by atoms with van der Waals surface area (Å²) < 4.78 is 13.0. The van der Waals surface area contributed by atoms with Crippen molar-refractivity contribution in [3.8, 4) is 0 Å². The Bertz CT molecular complexity index is 860. The second-order valence-electron chi connectivity index (χ2n) is 7.36. The largest absolute Gasteiger partial charge is 0.344 e. The minimum absolute atomic E-state index is 0.113. The predicted octanol–water partition coefficient (Wildman–Crippen LogP) is 2.05. The van der Waals surface area contributed by atoms with Crippen LogP contribution in [0, 0.1) is 12.7 Å². The number of nitrogens with one attached hydrogen (secondary N) is 1. The molecule has 0 aliphatic carbocycles. The number of piperazine rings is 1. The van der Waals surface area contributed by atoms with E-state index in [9.17, 15) is 14.0 Å². The van der Waals surface area contributed by atoms with Crippen LogP contribution in [-0.4, -0.2) is 78.3 Å². The molecule has 29 heavy (non-hydrogen) atoms. The minimum Gasteiger partial charge on any atom is -0.344 e. The summed E-state index contributed by atoms with van der Waals surface area (Å²) in [6.45, 7) is 6.11. The number of nitrogens with zero attached hydrogens (tertiary/aromatic N) is 4. The number of halogens is 1. The van der Waals surface area contributed by atoms with Gasteiger partial charge in [0.2, 0.25) is 5.91 Å². The van der Waals surface area contributed by atoms with Crippen LogP contribution >= 0.6 is 11.3 Å². The molecule has 0 radical (unpaired) electrons. The maximum absolute atomic E-state index is 13.0. The normalized spacial score (nSPS) is 15.3. The molecule has 0 saturated carbocycles. The molecule has 1 aromatic carbocycles. The van der Waals surface area contributed by atoms with Gasteiger partial charge in [-0.15, -0.1) is 0 Å². The van der Waals surface area contributed by atoms with E-state index in [1.165, 1.54) is 28.4 Å². The van der Waals surface area contributed by atoms with Crippen LogP contribution in [0.4, 0.5) is 9.52 Å². The molecule has 2 heterocycles. The lowest BCUT2D eigenvalue weighted by molar-refractivity contribution is -0.117. The van der Waals surface area contributed by atoms with Crippen molar-refractivity contribution in [3.63, 3.8) is 0 Å². The molecule has 0 bridgehead atoms. The summed E-state index contributed by atoms with van der Waals surface area (Å²) in [5.41, 5.74) is 1.71. The molecular formula is C20H26FN5O2S. The summed E-state index contributed by atoms with van der Waals surface area (Å²) in [6, 6.07) is 6.57. The van der Waals surface area contributed by atoms with E-state index >= 15 is 0 Å². The number of carbonyl (C=O) groups is 2. The van der Waals surface area contributed by atoms with Crippen LogP contribution in [0.5, 0.6) is 0 Å². The molecule has 156 valence electrons. The Kier molecular flexibility index (Phi) is 6.94. The fourth-order valence-corrected chi connectivity index (χ4v) is 4.17. The first-order valence-electron chi connectivity index (χ1n) is 9.50. The lowest BCUT2D eigenvalue weighted by atomic mass is 10.2. The maximum Gasteiger partial charge on any atom is 0.265 e. The zero-order valence-corrected chi connectivity index (χ0v) is 17.8. The monoisotopic (exact) mass is 419 g/mol. The number of aromatic nitrogens is 1. The van der Waals surface area contributed by atoms with Crippen molar-refractivity contribution in [2.45, 2.75) is 13.5 Å². The van der Waals surface area contributed by atoms with Gasteiger partial charge >= 0.3 is 0 Å². The lowest BCUT2D eigenvalue weighted by Gasteiger charge is -2.34. The van der Waals surface area contributed by atoms with E-state index in [1.54, 1.807) is 33.2 Å². The Labute approximate surface area is 174 Å². The van der Waals surface area contributed by atoms with Crippen molar-refractivity contribution < 1.29 is 14.0 Å². The van der Waals surface area contributed by atoms with Crippen molar-refractivity contribution in [1.82, 2.24) is 19.7 Å². The van der Waals surface area contributed by atoms with Crippen LogP contribution in [-0.2, 0) is 11.3 Å². The van der Waals surface area contributed by atoms with E-state index in [2.05, 4.69) is 20.1 Å². The summed E-state index contributed by atoms with van der Waals surface area (Å²) in [4.78, 5) is 35.2. The summed E-state index contributed by atoms with van der Waals surface area (Å²) in [5, 5.41) is 3.26. The molecule has 1 N–H and O–H groups in total. The fourth-order valence-electron chi connectivity index (χ4n) is 3.17. The minimum atomic E-state index is -0.224. The SMILES string of the molecule is Cc1nc(NC(=O)CN2CCN(Cc3ccc(F)cc3)CC2)sc1C(=O)N(C)C. The Balaban J connectivity index is 1.46. The highest BCUT2D eigenvalue weighted by Gasteiger charge is 2.21. The van der Waals surface area contributed by atoms with Crippen LogP contribution in [0.15, 0.2) is 24.3 Å². The van der Waals surface area contributed by atoms with Gasteiger partial charge in [0.05, 0.1) is 12.2 Å². The quantitative estimate of drug-likeness (QED) is 0.776. The van der Waals surface area contributed by atoms with Gasteiger partial charge in [-0.3, -0.25) is 19.4 Å². The van der Waals surface area contributed by atoms with Gasteiger partial charge in [-0.25, -0.2) is 9.37 Å². The Hall–Kier alpha value is -2.36. The lowest BCUT2D eigenvalue weighted by Crippen LogP contribution is -2.48. The number of hydrogen-bond donors (Lipinski definition) is 1. The summed E-state index contributed by atoms with van der Waals surface area (Å²) in [5.74, 6) is -0.467. The highest BCUT2D eigenvalue weighted by atomic mass is 32.1. The zero-order valence-electron chi connectivity index (χ0n) is 16.9. The van der Waals surface area contributed by atoms with E-state index in [0.717, 1.165) is 38.3 Å². The van der Waals surface area contributed by atoms with E-state index in [4.69, 9.17) is 0 Å². The van der Waals surface area contributed by atoms with E-state index in [0.29, 0.717) is 22.2 Å². The van der Waals surface area contributed by atoms with Gasteiger partial charge in [0, 0.05) is 46.8 Å². The maximum atomic E-state index is 13.0.